The molecule has 2 rings (SSSR count). The summed E-state index contributed by atoms with van der Waals surface area (Å²) in [6.07, 6.45) is 1.51. The van der Waals surface area contributed by atoms with Gasteiger partial charge in [-0.3, -0.25) is 0 Å². The zero-order valence-electron chi connectivity index (χ0n) is 9.81. The van der Waals surface area contributed by atoms with Gasteiger partial charge >= 0.3 is 0 Å². The Kier molecular flexibility index (Phi) is 4.13. The first-order chi connectivity index (χ1) is 8.45. The number of aromatic nitrogens is 1. The summed E-state index contributed by atoms with van der Waals surface area (Å²) < 4.78 is 27.0. The van der Waals surface area contributed by atoms with Crippen molar-refractivity contribution in [2.75, 3.05) is 19.6 Å². The van der Waals surface area contributed by atoms with Gasteiger partial charge in [0.1, 0.15) is 5.15 Å². The van der Waals surface area contributed by atoms with E-state index in [1.807, 2.05) is 6.92 Å². The highest BCUT2D eigenvalue weighted by Crippen LogP contribution is 2.24. The van der Waals surface area contributed by atoms with Crippen molar-refractivity contribution in [2.24, 2.45) is 0 Å². The number of hydrogen-bond donors (Lipinski definition) is 0. The maximum absolute atomic E-state index is 12.1. The monoisotopic (exact) mass is 309 g/mol. The van der Waals surface area contributed by atoms with Gasteiger partial charge in [-0.25, -0.2) is 4.98 Å². The number of pyridine rings is 1. The van der Waals surface area contributed by atoms with Crippen LogP contribution in [0.1, 0.15) is 12.5 Å². The van der Waals surface area contributed by atoms with Crippen LogP contribution in [0, 0.1) is 0 Å². The number of rotatable bonds is 3. The molecule has 0 unspecified atom stereocenters. The predicted molar refractivity (Wildman–Crippen MR) is 70.8 cm³/mol. The fourth-order valence-electron chi connectivity index (χ4n) is 1.84. The molecule has 0 spiro atoms. The summed E-state index contributed by atoms with van der Waals surface area (Å²) in [6, 6.07) is 1.51. The topological polar surface area (TPSA) is 53.5 Å². The molecular weight excluding hydrogens is 297 g/mol. The first-order valence-corrected chi connectivity index (χ1v) is 7.65. The van der Waals surface area contributed by atoms with Crippen LogP contribution in [-0.2, 0) is 16.8 Å². The Morgan fingerprint density at radius 3 is 2.56 bits per heavy atom. The van der Waals surface area contributed by atoms with Crippen molar-refractivity contribution in [1.82, 2.24) is 13.6 Å². The van der Waals surface area contributed by atoms with E-state index in [9.17, 15) is 8.42 Å². The molecule has 0 aromatic carbocycles. The third-order valence-corrected chi connectivity index (χ3v) is 5.46. The summed E-state index contributed by atoms with van der Waals surface area (Å²) in [7, 11) is -3.36. The third kappa shape index (κ3) is 2.62. The fourth-order valence-corrected chi connectivity index (χ4v) is 3.85. The molecule has 0 aliphatic carbocycles. The van der Waals surface area contributed by atoms with E-state index < -0.39 is 10.2 Å². The quantitative estimate of drug-likeness (QED) is 0.800. The average molecular weight is 310 g/mol. The Hall–Kier alpha value is -0.400. The van der Waals surface area contributed by atoms with Gasteiger partial charge in [-0.2, -0.15) is 17.0 Å². The Morgan fingerprint density at radius 1 is 1.33 bits per heavy atom. The molecule has 1 aromatic heterocycles. The van der Waals surface area contributed by atoms with Crippen LogP contribution in [0.5, 0.6) is 0 Å². The minimum Gasteiger partial charge on any atom is -0.244 e. The highest BCUT2D eigenvalue weighted by Gasteiger charge is 2.35. The standard InChI is InChI=1S/C10H13Cl2N3O2S/c1-2-14-3-4-15(18(14,16)17)7-8-6-13-10(12)5-9(8)11/h5-6H,2-4,7H2,1H3. The molecule has 2 heterocycles. The van der Waals surface area contributed by atoms with Crippen LogP contribution in [0.3, 0.4) is 0 Å². The van der Waals surface area contributed by atoms with Crippen molar-refractivity contribution in [3.05, 3.63) is 28.0 Å². The zero-order chi connectivity index (χ0) is 13.3. The zero-order valence-corrected chi connectivity index (χ0v) is 12.1. The van der Waals surface area contributed by atoms with Gasteiger partial charge in [-0.05, 0) is 6.07 Å². The summed E-state index contributed by atoms with van der Waals surface area (Å²) in [6.45, 7) is 3.50. The normalized spacial score (nSPS) is 20.4. The molecular formula is C10H13Cl2N3O2S. The van der Waals surface area contributed by atoms with Gasteiger partial charge in [0, 0.05) is 43.0 Å². The lowest BCUT2D eigenvalue weighted by Gasteiger charge is -2.17. The number of nitrogens with zero attached hydrogens (tertiary/aromatic N) is 3. The van der Waals surface area contributed by atoms with Crippen LogP contribution < -0.4 is 0 Å². The first kappa shape index (κ1) is 14.0. The predicted octanol–water partition coefficient (Wildman–Crippen LogP) is 1.77. The van der Waals surface area contributed by atoms with Crippen LogP contribution in [-0.4, -0.2) is 41.6 Å². The van der Waals surface area contributed by atoms with Crippen LogP contribution in [0.4, 0.5) is 0 Å². The number of hydrogen-bond acceptors (Lipinski definition) is 3. The number of likely N-dealkylation sites (N-methyl/N-ethyl adjacent to an activating group) is 1. The minimum absolute atomic E-state index is 0.224. The van der Waals surface area contributed by atoms with Crippen molar-refractivity contribution < 1.29 is 8.42 Å². The SMILES string of the molecule is CCN1CCN(Cc2cnc(Cl)cc2Cl)S1(=O)=O. The molecule has 0 saturated carbocycles. The Bertz CT molecular complexity index is 550. The Labute approximate surface area is 116 Å². The van der Waals surface area contributed by atoms with Crippen molar-refractivity contribution >= 4 is 33.4 Å². The lowest BCUT2D eigenvalue weighted by molar-refractivity contribution is 0.442. The minimum atomic E-state index is -3.36. The van der Waals surface area contributed by atoms with Gasteiger partial charge in [-0.1, -0.05) is 30.1 Å². The van der Waals surface area contributed by atoms with E-state index in [0.717, 1.165) is 0 Å². The molecule has 1 aliphatic heterocycles. The molecule has 0 bridgehead atoms. The largest absolute Gasteiger partial charge is 0.282 e. The molecule has 8 heteroatoms. The molecule has 18 heavy (non-hydrogen) atoms. The van der Waals surface area contributed by atoms with Crippen molar-refractivity contribution in [3.8, 4) is 0 Å². The van der Waals surface area contributed by atoms with Crippen molar-refractivity contribution in [1.29, 1.82) is 0 Å². The fraction of sp³-hybridized carbons (Fsp3) is 0.500. The van der Waals surface area contributed by atoms with Crippen LogP contribution in [0.2, 0.25) is 10.2 Å². The van der Waals surface area contributed by atoms with E-state index in [0.29, 0.717) is 35.4 Å². The molecule has 1 aliphatic rings. The van der Waals surface area contributed by atoms with Crippen LogP contribution in [0.15, 0.2) is 12.3 Å². The summed E-state index contributed by atoms with van der Waals surface area (Å²) in [5.74, 6) is 0. The molecule has 1 saturated heterocycles. The van der Waals surface area contributed by atoms with Gasteiger partial charge in [0.25, 0.3) is 10.2 Å². The van der Waals surface area contributed by atoms with E-state index in [-0.39, 0.29) is 6.54 Å². The molecule has 1 fully saturated rings. The third-order valence-electron chi connectivity index (χ3n) is 2.85. The lowest BCUT2D eigenvalue weighted by Crippen LogP contribution is -2.32. The molecule has 5 nitrogen and oxygen atoms in total. The van der Waals surface area contributed by atoms with Gasteiger partial charge < -0.3 is 0 Å². The van der Waals surface area contributed by atoms with Gasteiger partial charge in [0.2, 0.25) is 0 Å². The van der Waals surface area contributed by atoms with Crippen molar-refractivity contribution in [2.45, 2.75) is 13.5 Å². The van der Waals surface area contributed by atoms with Gasteiger partial charge in [0.05, 0.1) is 0 Å². The summed E-state index contributed by atoms with van der Waals surface area (Å²) in [5.41, 5.74) is 0.655. The second-order valence-electron chi connectivity index (χ2n) is 3.93. The second-order valence-corrected chi connectivity index (χ2v) is 6.65. The first-order valence-electron chi connectivity index (χ1n) is 5.50. The summed E-state index contributed by atoms with van der Waals surface area (Å²) >= 11 is 11.7. The molecule has 0 amide bonds. The maximum atomic E-state index is 12.1. The Morgan fingerprint density at radius 2 is 2.00 bits per heavy atom. The Balaban J connectivity index is 2.20. The van der Waals surface area contributed by atoms with Crippen LogP contribution in [0.25, 0.3) is 0 Å². The van der Waals surface area contributed by atoms with Gasteiger partial charge in [-0.15, -0.1) is 0 Å². The molecule has 0 N–H and O–H groups in total. The smallest absolute Gasteiger partial charge is 0.244 e. The van der Waals surface area contributed by atoms with E-state index in [1.54, 1.807) is 0 Å². The lowest BCUT2D eigenvalue weighted by atomic mass is 10.3. The molecule has 0 atom stereocenters. The van der Waals surface area contributed by atoms with E-state index >= 15 is 0 Å². The molecule has 0 radical (unpaired) electrons. The summed E-state index contributed by atoms with van der Waals surface area (Å²) in [4.78, 5) is 3.91. The highest BCUT2D eigenvalue weighted by molar-refractivity contribution is 7.87. The van der Waals surface area contributed by atoms with Gasteiger partial charge in [0.15, 0.2) is 0 Å². The van der Waals surface area contributed by atoms with Crippen molar-refractivity contribution in [3.63, 3.8) is 0 Å². The average Bonchev–Trinajstić information content (AvgIpc) is 2.57. The van der Waals surface area contributed by atoms with E-state index in [2.05, 4.69) is 4.98 Å². The highest BCUT2D eigenvalue weighted by atomic mass is 35.5. The second kappa shape index (κ2) is 5.30. The molecule has 1 aromatic rings. The summed E-state index contributed by atoms with van der Waals surface area (Å²) in [5, 5.41) is 0.725. The molecule has 100 valence electrons. The van der Waals surface area contributed by atoms with E-state index in [1.165, 1.54) is 20.9 Å². The maximum Gasteiger partial charge on any atom is 0.282 e. The van der Waals surface area contributed by atoms with Crippen LogP contribution >= 0.6 is 23.2 Å². The number of halogens is 2. The van der Waals surface area contributed by atoms with E-state index in [4.69, 9.17) is 23.2 Å².